The summed E-state index contributed by atoms with van der Waals surface area (Å²) in [6.07, 6.45) is 0. The van der Waals surface area contributed by atoms with Gasteiger partial charge in [0.05, 0.1) is 32.5 Å². The molecule has 0 aliphatic carbocycles. The molecule has 17 heteroatoms. The van der Waals surface area contributed by atoms with E-state index in [1.807, 2.05) is 0 Å². The third-order valence-corrected chi connectivity index (χ3v) is 7.91. The maximum absolute atomic E-state index is 11.8. The summed E-state index contributed by atoms with van der Waals surface area (Å²) in [5, 5.41) is 21.0. The number of hydrogen-bond acceptors (Lipinski definition) is 12. The fourth-order valence-electron chi connectivity index (χ4n) is 4.24. The average molecular weight is 663 g/mol. The second kappa shape index (κ2) is 14.6. The van der Waals surface area contributed by atoms with Crippen LogP contribution in [-0.2, 0) is 25.0 Å². The van der Waals surface area contributed by atoms with Gasteiger partial charge in [-0.15, -0.1) is 15.3 Å². The topological polar surface area (TPSA) is 219 Å². The number of hydrogen-bond donors (Lipinski definition) is 2. The molecule has 0 fully saturated rings. The minimum atomic E-state index is -4.80. The second-order valence-electron chi connectivity index (χ2n) is 9.23. The molecular formula is C28H20N6Na2O7S2. The third-order valence-electron chi connectivity index (χ3n) is 6.24. The first-order valence-electron chi connectivity index (χ1n) is 12.3. The summed E-state index contributed by atoms with van der Waals surface area (Å²) < 4.78 is 69.8. The van der Waals surface area contributed by atoms with Crippen LogP contribution in [0.25, 0.3) is 21.5 Å². The molecule has 1 amide bonds. The molecule has 13 nitrogen and oxygen atoms in total. The number of fused-ring (bicyclic) bond motifs is 2. The molecule has 0 saturated carbocycles. The largest absolute Gasteiger partial charge is 1.00 e. The summed E-state index contributed by atoms with van der Waals surface area (Å²) >= 11 is 0. The van der Waals surface area contributed by atoms with Crippen molar-refractivity contribution in [3.05, 3.63) is 84.9 Å². The van der Waals surface area contributed by atoms with Gasteiger partial charge < -0.3 is 20.2 Å². The van der Waals surface area contributed by atoms with E-state index >= 15 is 0 Å². The van der Waals surface area contributed by atoms with Crippen molar-refractivity contribution in [3.8, 4) is 0 Å². The fourth-order valence-corrected chi connectivity index (χ4v) is 5.23. The second-order valence-corrected chi connectivity index (χ2v) is 12.0. The molecule has 45 heavy (non-hydrogen) atoms. The summed E-state index contributed by atoms with van der Waals surface area (Å²) in [5.74, 6) is -0.217. The molecule has 218 valence electrons. The summed E-state index contributed by atoms with van der Waals surface area (Å²) in [6, 6.07) is 20.1. The van der Waals surface area contributed by atoms with Gasteiger partial charge in [-0.05, 0) is 72.8 Å². The van der Waals surface area contributed by atoms with Crippen LogP contribution in [0.4, 0.5) is 34.1 Å². The molecule has 0 radical (unpaired) electrons. The van der Waals surface area contributed by atoms with Crippen molar-refractivity contribution in [1.82, 2.24) is 0 Å². The van der Waals surface area contributed by atoms with Gasteiger partial charge in [0, 0.05) is 39.8 Å². The number of benzene rings is 5. The summed E-state index contributed by atoms with van der Waals surface area (Å²) in [4.78, 5) is 10.3. The van der Waals surface area contributed by atoms with Crippen LogP contribution < -0.4 is 70.2 Å². The molecule has 0 bridgehead atoms. The minimum absolute atomic E-state index is 0. The van der Waals surface area contributed by atoms with Gasteiger partial charge in [0.2, 0.25) is 5.91 Å². The van der Waals surface area contributed by atoms with E-state index in [0.29, 0.717) is 27.8 Å². The first kappa shape index (κ1) is 36.4. The van der Waals surface area contributed by atoms with Crippen LogP contribution in [-0.4, -0.2) is 31.8 Å². The molecule has 0 spiro atoms. The number of nitrogens with one attached hydrogen (secondary N) is 1. The molecule has 0 unspecified atom stereocenters. The van der Waals surface area contributed by atoms with Crippen LogP contribution in [0.5, 0.6) is 0 Å². The van der Waals surface area contributed by atoms with Gasteiger partial charge in [-0.1, -0.05) is 12.1 Å². The van der Waals surface area contributed by atoms with Crippen LogP contribution >= 0.6 is 0 Å². The van der Waals surface area contributed by atoms with Gasteiger partial charge in [-0.25, -0.2) is 16.8 Å². The molecule has 0 saturated heterocycles. The SMILES string of the molecule is CC(=O)Nc1ccc(N=Nc2ccc(N=Nc3ccc(N)c4cc(S(=O)(=O)[O-])ccc34)c3cc(S(=O)(=O)[O-])ccc23)cc1.[Na+].[Na+]. The number of nitrogens with two attached hydrogens (primary N) is 1. The Kier molecular flexibility index (Phi) is 11.8. The zero-order valence-electron chi connectivity index (χ0n) is 24.1. The molecule has 0 heterocycles. The van der Waals surface area contributed by atoms with E-state index in [1.54, 1.807) is 36.4 Å². The smallest absolute Gasteiger partial charge is 0.744 e. The van der Waals surface area contributed by atoms with E-state index in [1.165, 1.54) is 37.3 Å². The van der Waals surface area contributed by atoms with Crippen LogP contribution in [0, 0.1) is 0 Å². The van der Waals surface area contributed by atoms with E-state index in [4.69, 9.17) is 5.73 Å². The van der Waals surface area contributed by atoms with Gasteiger partial charge in [-0.2, -0.15) is 5.11 Å². The Morgan fingerprint density at radius 1 is 0.622 bits per heavy atom. The number of carbonyl (C=O) groups is 1. The number of rotatable bonds is 7. The van der Waals surface area contributed by atoms with Crippen molar-refractivity contribution in [2.75, 3.05) is 11.1 Å². The third kappa shape index (κ3) is 8.59. The van der Waals surface area contributed by atoms with E-state index in [-0.39, 0.29) is 92.9 Å². The molecule has 0 aliphatic rings. The van der Waals surface area contributed by atoms with Gasteiger partial charge >= 0.3 is 59.1 Å². The van der Waals surface area contributed by atoms with Crippen molar-refractivity contribution in [2.45, 2.75) is 16.7 Å². The first-order chi connectivity index (χ1) is 20.3. The predicted octanol–water partition coefficient (Wildman–Crippen LogP) is 0.181. The quantitative estimate of drug-likeness (QED) is 0.106. The van der Waals surface area contributed by atoms with Gasteiger partial charge in [0.15, 0.2) is 0 Å². The number of anilines is 2. The molecule has 0 atom stereocenters. The van der Waals surface area contributed by atoms with Crippen LogP contribution in [0.1, 0.15) is 6.92 Å². The Labute approximate surface area is 302 Å². The van der Waals surface area contributed by atoms with Crippen LogP contribution in [0.2, 0.25) is 0 Å². The number of carbonyl (C=O) groups excluding carboxylic acids is 1. The van der Waals surface area contributed by atoms with E-state index in [9.17, 15) is 30.7 Å². The zero-order valence-corrected chi connectivity index (χ0v) is 29.8. The average Bonchev–Trinajstić information content (AvgIpc) is 2.95. The molecule has 0 aromatic heterocycles. The van der Waals surface area contributed by atoms with Crippen molar-refractivity contribution in [2.24, 2.45) is 20.5 Å². The Hall–Kier alpha value is -3.09. The number of nitrogen functional groups attached to an aromatic ring is 1. The number of nitrogens with zero attached hydrogens (tertiary/aromatic N) is 4. The zero-order chi connectivity index (χ0) is 30.9. The van der Waals surface area contributed by atoms with Crippen LogP contribution in [0.15, 0.2) is 115 Å². The number of amides is 1. The summed E-state index contributed by atoms with van der Waals surface area (Å²) in [7, 11) is -9.52. The standard InChI is InChI=1S/C28H22N6O7S2.2Na/c1-16(35)30-17-2-4-18(5-3-17)31-32-27-12-13-28(24-15-20(43(39,40)41)7-9-22(24)27)34-33-26-11-10-25(29)23-14-19(42(36,37)38)6-8-21(23)26;;/h2-15H,29H2,1H3,(H,30,35)(H,36,37,38)(H,39,40,41);;/q;2*+1/p-2. The van der Waals surface area contributed by atoms with E-state index in [2.05, 4.69) is 25.8 Å². The Balaban J connectivity index is 0.00000276. The summed E-state index contributed by atoms with van der Waals surface area (Å²) in [5.41, 5.74) is 8.11. The van der Waals surface area contributed by atoms with Crippen molar-refractivity contribution >= 4 is 81.8 Å². The predicted molar refractivity (Wildman–Crippen MR) is 157 cm³/mol. The van der Waals surface area contributed by atoms with Crippen LogP contribution in [0.3, 0.4) is 0 Å². The monoisotopic (exact) mass is 662 g/mol. The molecule has 5 aromatic rings. The van der Waals surface area contributed by atoms with Gasteiger partial charge in [0.25, 0.3) is 0 Å². The summed E-state index contributed by atoms with van der Waals surface area (Å²) in [6.45, 7) is 1.39. The Bertz CT molecular complexity index is 2210. The molecule has 5 aromatic carbocycles. The minimum Gasteiger partial charge on any atom is -0.744 e. The van der Waals surface area contributed by atoms with Gasteiger partial charge in [0.1, 0.15) is 20.2 Å². The Morgan fingerprint density at radius 2 is 1.07 bits per heavy atom. The molecular weight excluding hydrogens is 642 g/mol. The number of azo groups is 2. The molecule has 3 N–H and O–H groups in total. The van der Waals surface area contributed by atoms with E-state index < -0.39 is 30.0 Å². The van der Waals surface area contributed by atoms with Crippen molar-refractivity contribution < 1.29 is 89.9 Å². The normalized spacial score (nSPS) is 11.9. The molecule has 0 aliphatic heterocycles. The van der Waals surface area contributed by atoms with Gasteiger partial charge in [-0.3, -0.25) is 4.79 Å². The fraction of sp³-hybridized carbons (Fsp3) is 0.0357. The van der Waals surface area contributed by atoms with E-state index in [0.717, 1.165) is 18.2 Å². The maximum atomic E-state index is 11.8. The molecule has 5 rings (SSSR count). The first-order valence-corrected chi connectivity index (χ1v) is 15.1. The van der Waals surface area contributed by atoms with Crippen molar-refractivity contribution in [1.29, 1.82) is 0 Å². The van der Waals surface area contributed by atoms with Crippen molar-refractivity contribution in [3.63, 3.8) is 0 Å². The maximum Gasteiger partial charge on any atom is 1.00 e. The Morgan fingerprint density at radius 3 is 1.58 bits per heavy atom.